The smallest absolute Gasteiger partial charge is 0.0947 e. The maximum atomic E-state index is 5.19. The Morgan fingerprint density at radius 1 is 1.07 bits per heavy atom. The first-order chi connectivity index (χ1) is 12.8. The zero-order chi connectivity index (χ0) is 17.8. The van der Waals surface area contributed by atoms with Crippen molar-refractivity contribution in [1.82, 2.24) is 19.8 Å². The van der Waals surface area contributed by atoms with Crippen molar-refractivity contribution >= 4 is 24.8 Å². The van der Waals surface area contributed by atoms with Gasteiger partial charge in [-0.2, -0.15) is 0 Å². The molecule has 5 nitrogen and oxygen atoms in total. The minimum atomic E-state index is 0. The highest BCUT2D eigenvalue weighted by Crippen LogP contribution is 2.24. The normalized spacial score (nSPS) is 13.5. The summed E-state index contributed by atoms with van der Waals surface area (Å²) >= 11 is 0. The summed E-state index contributed by atoms with van der Waals surface area (Å²) in [6.45, 7) is 4.76. The largest absolute Gasteiger partial charge is 0.472 e. The lowest BCUT2D eigenvalue weighted by Gasteiger charge is -2.30. The molecule has 4 rings (SSSR count). The zero-order valence-electron chi connectivity index (χ0n) is 16.0. The van der Waals surface area contributed by atoms with Crippen molar-refractivity contribution in [2.24, 2.45) is 0 Å². The van der Waals surface area contributed by atoms with Gasteiger partial charge in [-0.15, -0.1) is 24.8 Å². The summed E-state index contributed by atoms with van der Waals surface area (Å²) in [6.07, 6.45) is 12.5. The van der Waals surface area contributed by atoms with Crippen molar-refractivity contribution in [1.29, 1.82) is 0 Å². The summed E-state index contributed by atoms with van der Waals surface area (Å²) < 4.78 is 5.19. The summed E-state index contributed by atoms with van der Waals surface area (Å²) in [7, 11) is 2.15. The number of nitrogens with zero attached hydrogens (tertiary/aromatic N) is 4. The molecule has 28 heavy (non-hydrogen) atoms. The quantitative estimate of drug-likeness (QED) is 0.600. The van der Waals surface area contributed by atoms with Crippen LogP contribution in [0.4, 0.5) is 0 Å². The number of fused-ring (bicyclic) bond motifs is 1. The van der Waals surface area contributed by atoms with Crippen LogP contribution >= 0.6 is 24.8 Å². The Balaban J connectivity index is 0.00000140. The van der Waals surface area contributed by atoms with E-state index in [9.17, 15) is 0 Å². The molecule has 0 unspecified atom stereocenters. The van der Waals surface area contributed by atoms with Crippen LogP contribution in [0.5, 0.6) is 0 Å². The summed E-state index contributed by atoms with van der Waals surface area (Å²) in [6, 6.07) is 6.15. The molecule has 7 heteroatoms. The van der Waals surface area contributed by atoms with Crippen molar-refractivity contribution < 1.29 is 4.42 Å². The fourth-order valence-corrected chi connectivity index (χ4v) is 3.69. The van der Waals surface area contributed by atoms with E-state index in [1.165, 1.54) is 27.8 Å². The van der Waals surface area contributed by atoms with Crippen LogP contribution in [-0.2, 0) is 32.6 Å². The van der Waals surface area contributed by atoms with Crippen molar-refractivity contribution in [2.45, 2.75) is 32.6 Å². The monoisotopic (exact) mass is 420 g/mol. The molecule has 0 saturated heterocycles. The van der Waals surface area contributed by atoms with Gasteiger partial charge in [0.25, 0.3) is 0 Å². The highest BCUT2D eigenvalue weighted by atomic mass is 35.5. The predicted octanol–water partition coefficient (Wildman–Crippen LogP) is 4.10. The average Bonchev–Trinajstić information content (AvgIpc) is 3.15. The van der Waals surface area contributed by atoms with Crippen LogP contribution in [0.15, 0.2) is 59.9 Å². The number of rotatable bonds is 6. The Labute approximate surface area is 178 Å². The van der Waals surface area contributed by atoms with Gasteiger partial charge >= 0.3 is 0 Å². The van der Waals surface area contributed by atoms with Gasteiger partial charge in [-0.1, -0.05) is 6.07 Å². The summed E-state index contributed by atoms with van der Waals surface area (Å²) in [5.74, 6) is 0. The third-order valence-corrected chi connectivity index (χ3v) is 4.91. The first-order valence-corrected chi connectivity index (χ1v) is 9.03. The maximum Gasteiger partial charge on any atom is 0.0947 e. The van der Waals surface area contributed by atoms with Crippen molar-refractivity contribution in [2.75, 3.05) is 13.6 Å². The molecule has 0 radical (unpaired) electrons. The van der Waals surface area contributed by atoms with Crippen LogP contribution in [0.1, 0.15) is 27.8 Å². The van der Waals surface area contributed by atoms with Gasteiger partial charge in [0.1, 0.15) is 0 Å². The Morgan fingerprint density at radius 2 is 1.96 bits per heavy atom. The third-order valence-electron chi connectivity index (χ3n) is 4.91. The van der Waals surface area contributed by atoms with E-state index in [0.29, 0.717) is 0 Å². The average molecular weight is 421 g/mol. The molecule has 0 bridgehead atoms. The molecular weight excluding hydrogens is 395 g/mol. The number of hydrogen-bond donors (Lipinski definition) is 0. The molecule has 1 aliphatic heterocycles. The van der Waals surface area contributed by atoms with Crippen molar-refractivity contribution in [3.63, 3.8) is 0 Å². The number of pyridine rings is 2. The number of furan rings is 1. The zero-order valence-corrected chi connectivity index (χ0v) is 17.6. The third kappa shape index (κ3) is 5.55. The second kappa shape index (κ2) is 10.6. The van der Waals surface area contributed by atoms with Gasteiger partial charge in [0, 0.05) is 63.1 Å². The lowest BCUT2D eigenvalue weighted by molar-refractivity contribution is 0.242. The molecule has 0 amide bonds. The van der Waals surface area contributed by atoms with Crippen LogP contribution in [0.2, 0.25) is 0 Å². The lowest BCUT2D eigenvalue weighted by Crippen LogP contribution is -2.31. The minimum absolute atomic E-state index is 0. The van der Waals surface area contributed by atoms with E-state index in [-0.39, 0.29) is 24.8 Å². The molecular formula is C21H26Cl2N4O. The van der Waals surface area contributed by atoms with Crippen LogP contribution in [-0.4, -0.2) is 33.4 Å². The fraction of sp³-hybridized carbons (Fsp3) is 0.333. The second-order valence-electron chi connectivity index (χ2n) is 7.06. The number of hydrogen-bond acceptors (Lipinski definition) is 5. The summed E-state index contributed by atoms with van der Waals surface area (Å²) in [4.78, 5) is 13.5. The van der Waals surface area contributed by atoms with E-state index in [4.69, 9.17) is 4.42 Å². The second-order valence-corrected chi connectivity index (χ2v) is 7.06. The summed E-state index contributed by atoms with van der Waals surface area (Å²) in [5, 5.41) is 0. The molecule has 0 saturated carbocycles. The molecule has 3 aromatic heterocycles. The van der Waals surface area contributed by atoms with Gasteiger partial charge in [0.05, 0.1) is 12.5 Å². The molecule has 3 aromatic rings. The Bertz CT molecular complexity index is 843. The van der Waals surface area contributed by atoms with E-state index in [1.54, 1.807) is 6.26 Å². The van der Waals surface area contributed by atoms with Crippen LogP contribution < -0.4 is 0 Å². The van der Waals surface area contributed by atoms with Gasteiger partial charge in [-0.3, -0.25) is 19.8 Å². The van der Waals surface area contributed by atoms with Gasteiger partial charge in [-0.25, -0.2) is 0 Å². The molecule has 0 N–H and O–H groups in total. The highest BCUT2D eigenvalue weighted by molar-refractivity contribution is 5.85. The van der Waals surface area contributed by atoms with Crippen LogP contribution in [0.3, 0.4) is 0 Å². The molecule has 1 aliphatic rings. The van der Waals surface area contributed by atoms with Gasteiger partial charge in [-0.05, 0) is 47.9 Å². The Kier molecular flexibility index (Phi) is 8.45. The van der Waals surface area contributed by atoms with Gasteiger partial charge in [0.2, 0.25) is 0 Å². The highest BCUT2D eigenvalue weighted by Gasteiger charge is 2.20. The molecule has 0 aromatic carbocycles. The molecule has 150 valence electrons. The van der Waals surface area contributed by atoms with Crippen LogP contribution in [0, 0.1) is 0 Å². The first kappa shape index (κ1) is 22.4. The number of aromatic nitrogens is 2. The Morgan fingerprint density at radius 3 is 2.71 bits per heavy atom. The first-order valence-electron chi connectivity index (χ1n) is 9.03. The van der Waals surface area contributed by atoms with Crippen molar-refractivity contribution in [3.8, 4) is 0 Å². The van der Waals surface area contributed by atoms with E-state index >= 15 is 0 Å². The van der Waals surface area contributed by atoms with Crippen LogP contribution in [0.25, 0.3) is 0 Å². The number of halogens is 2. The Hall–Kier alpha value is -1.92. The standard InChI is InChI=1S/C21H24N4O.2ClH/c1-24(12-17-3-2-6-22-9-17)14-19-10-23-11-20-15-25(7-4-21(19)20)13-18-5-8-26-16-18;;/h2-3,5-6,8-11,16H,4,7,12-15H2,1H3;2*1H. The van der Waals surface area contributed by atoms with E-state index in [1.807, 2.05) is 43.2 Å². The fourth-order valence-electron chi connectivity index (χ4n) is 3.69. The SMILES string of the molecule is CN(Cc1cccnc1)Cc1cncc2c1CCN(Cc1ccoc1)C2.Cl.Cl. The van der Waals surface area contributed by atoms with E-state index < -0.39 is 0 Å². The van der Waals surface area contributed by atoms with E-state index in [2.05, 4.69) is 32.9 Å². The molecule has 0 aliphatic carbocycles. The maximum absolute atomic E-state index is 5.19. The summed E-state index contributed by atoms with van der Waals surface area (Å²) in [5.41, 5.74) is 6.64. The lowest BCUT2D eigenvalue weighted by atomic mass is 9.96. The van der Waals surface area contributed by atoms with Crippen molar-refractivity contribution in [3.05, 3.63) is 83.3 Å². The predicted molar refractivity (Wildman–Crippen MR) is 115 cm³/mol. The molecule has 0 atom stereocenters. The molecule has 0 spiro atoms. The van der Waals surface area contributed by atoms with Gasteiger partial charge < -0.3 is 4.42 Å². The minimum Gasteiger partial charge on any atom is -0.472 e. The molecule has 0 fully saturated rings. The van der Waals surface area contributed by atoms with E-state index in [0.717, 1.165) is 39.1 Å². The topological polar surface area (TPSA) is 45.4 Å². The molecule has 4 heterocycles. The van der Waals surface area contributed by atoms with Gasteiger partial charge in [0.15, 0.2) is 0 Å².